The number of rotatable bonds is 6. The standard InChI is InChI=1S/C10H19NO4/c1-10(2,3)15-9(12)7-5-4-6-8-11(13)14/h4-8H2,1-3H3. The molecule has 0 aromatic carbocycles. The molecule has 0 aliphatic carbocycles. The van der Waals surface area contributed by atoms with E-state index in [2.05, 4.69) is 0 Å². The molecule has 0 rings (SSSR count). The van der Waals surface area contributed by atoms with E-state index < -0.39 is 5.60 Å². The quantitative estimate of drug-likeness (QED) is 0.296. The minimum atomic E-state index is -0.447. The predicted molar refractivity (Wildman–Crippen MR) is 56.2 cm³/mol. The molecular weight excluding hydrogens is 198 g/mol. The highest BCUT2D eigenvalue weighted by atomic mass is 16.6. The summed E-state index contributed by atoms with van der Waals surface area (Å²) in [6.45, 7) is 5.43. The summed E-state index contributed by atoms with van der Waals surface area (Å²) < 4.78 is 5.09. The van der Waals surface area contributed by atoms with Crippen LogP contribution in [0.15, 0.2) is 0 Å². The van der Waals surface area contributed by atoms with Gasteiger partial charge in [-0.3, -0.25) is 14.9 Å². The number of unbranched alkanes of at least 4 members (excludes halogenated alkanes) is 2. The normalized spacial score (nSPS) is 11.1. The van der Waals surface area contributed by atoms with Crippen LogP contribution in [0, 0.1) is 10.1 Å². The van der Waals surface area contributed by atoms with E-state index in [1.807, 2.05) is 20.8 Å². The largest absolute Gasteiger partial charge is 0.460 e. The van der Waals surface area contributed by atoms with Crippen molar-refractivity contribution < 1.29 is 14.5 Å². The number of hydrogen-bond donors (Lipinski definition) is 0. The number of hydrogen-bond acceptors (Lipinski definition) is 4. The average molecular weight is 217 g/mol. The molecule has 88 valence electrons. The van der Waals surface area contributed by atoms with Crippen LogP contribution in [0.25, 0.3) is 0 Å². The predicted octanol–water partition coefficient (Wildman–Crippen LogP) is 2.17. The lowest BCUT2D eigenvalue weighted by Gasteiger charge is -2.19. The molecule has 0 bridgehead atoms. The highest BCUT2D eigenvalue weighted by molar-refractivity contribution is 5.69. The number of nitrogens with zero attached hydrogens (tertiary/aromatic N) is 1. The number of carbonyl (C=O) groups is 1. The van der Waals surface area contributed by atoms with Gasteiger partial charge in [0.2, 0.25) is 6.54 Å². The Labute approximate surface area is 90.0 Å². The highest BCUT2D eigenvalue weighted by Crippen LogP contribution is 2.10. The third-order valence-corrected chi connectivity index (χ3v) is 1.64. The van der Waals surface area contributed by atoms with Gasteiger partial charge < -0.3 is 4.74 Å². The molecule has 0 unspecified atom stereocenters. The topological polar surface area (TPSA) is 69.4 Å². The molecule has 0 fully saturated rings. The van der Waals surface area contributed by atoms with Gasteiger partial charge in [-0.05, 0) is 33.6 Å². The second kappa shape index (κ2) is 6.37. The van der Waals surface area contributed by atoms with E-state index in [9.17, 15) is 14.9 Å². The minimum Gasteiger partial charge on any atom is -0.460 e. The first kappa shape index (κ1) is 13.9. The van der Waals surface area contributed by atoms with Crippen LogP contribution in [0.1, 0.15) is 46.5 Å². The molecule has 0 atom stereocenters. The molecule has 0 heterocycles. The monoisotopic (exact) mass is 217 g/mol. The SMILES string of the molecule is CC(C)(C)OC(=O)CCCCC[N+](=O)[O-]. The summed E-state index contributed by atoms with van der Waals surface area (Å²) in [5.41, 5.74) is -0.447. The van der Waals surface area contributed by atoms with Crippen molar-refractivity contribution in [1.29, 1.82) is 0 Å². The van der Waals surface area contributed by atoms with Crippen LogP contribution >= 0.6 is 0 Å². The van der Waals surface area contributed by atoms with Crippen LogP contribution in [0.4, 0.5) is 0 Å². The maximum Gasteiger partial charge on any atom is 0.306 e. The Bertz CT molecular complexity index is 220. The molecule has 0 aromatic heterocycles. The number of esters is 1. The van der Waals surface area contributed by atoms with Crippen molar-refractivity contribution >= 4 is 5.97 Å². The highest BCUT2D eigenvalue weighted by Gasteiger charge is 2.15. The molecule has 5 heteroatoms. The fourth-order valence-corrected chi connectivity index (χ4v) is 1.08. The Morgan fingerprint density at radius 1 is 1.27 bits per heavy atom. The lowest BCUT2D eigenvalue weighted by molar-refractivity contribution is -0.480. The number of nitro groups is 1. The first-order valence-electron chi connectivity index (χ1n) is 5.15. The van der Waals surface area contributed by atoms with Crippen molar-refractivity contribution in [1.82, 2.24) is 0 Å². The van der Waals surface area contributed by atoms with Crippen LogP contribution in [0.2, 0.25) is 0 Å². The maximum absolute atomic E-state index is 11.2. The molecule has 0 radical (unpaired) electrons. The van der Waals surface area contributed by atoms with E-state index in [1.54, 1.807) is 0 Å². The summed E-state index contributed by atoms with van der Waals surface area (Å²) in [5.74, 6) is -0.233. The fraction of sp³-hybridized carbons (Fsp3) is 0.900. The van der Waals surface area contributed by atoms with Crippen molar-refractivity contribution in [3.8, 4) is 0 Å². The van der Waals surface area contributed by atoms with Gasteiger partial charge in [0, 0.05) is 17.8 Å². The van der Waals surface area contributed by atoms with Crippen molar-refractivity contribution in [3.63, 3.8) is 0 Å². The molecule has 0 aromatic rings. The Kier molecular flexibility index (Phi) is 5.89. The Morgan fingerprint density at radius 3 is 2.33 bits per heavy atom. The van der Waals surface area contributed by atoms with Gasteiger partial charge in [0.05, 0.1) is 0 Å². The number of carbonyl (C=O) groups excluding carboxylic acids is 1. The van der Waals surface area contributed by atoms with E-state index >= 15 is 0 Å². The molecule has 0 saturated heterocycles. The van der Waals surface area contributed by atoms with Gasteiger partial charge in [-0.1, -0.05) is 0 Å². The summed E-state index contributed by atoms with van der Waals surface area (Å²) in [7, 11) is 0. The van der Waals surface area contributed by atoms with Crippen LogP contribution in [0.3, 0.4) is 0 Å². The lowest BCUT2D eigenvalue weighted by Crippen LogP contribution is -2.23. The lowest BCUT2D eigenvalue weighted by atomic mass is 10.1. The molecule has 15 heavy (non-hydrogen) atoms. The zero-order valence-corrected chi connectivity index (χ0v) is 9.62. The Balaban J connectivity index is 3.44. The Morgan fingerprint density at radius 2 is 1.87 bits per heavy atom. The summed E-state index contributed by atoms with van der Waals surface area (Å²) in [6.07, 6.45) is 2.22. The van der Waals surface area contributed by atoms with Gasteiger partial charge in [0.15, 0.2) is 0 Å². The zero-order chi connectivity index (χ0) is 11.9. The molecular formula is C10H19NO4. The molecule has 0 N–H and O–H groups in total. The van der Waals surface area contributed by atoms with E-state index in [1.165, 1.54) is 0 Å². The Hall–Kier alpha value is -1.13. The molecule has 5 nitrogen and oxygen atoms in total. The summed E-state index contributed by atoms with van der Waals surface area (Å²) in [4.78, 5) is 20.9. The second-order valence-electron chi connectivity index (χ2n) is 4.45. The smallest absolute Gasteiger partial charge is 0.306 e. The third kappa shape index (κ3) is 10.8. The molecule has 0 amide bonds. The van der Waals surface area contributed by atoms with Crippen molar-refractivity contribution in [2.45, 2.75) is 52.1 Å². The van der Waals surface area contributed by atoms with Gasteiger partial charge >= 0.3 is 5.97 Å². The van der Waals surface area contributed by atoms with Crippen LogP contribution in [0.5, 0.6) is 0 Å². The summed E-state index contributed by atoms with van der Waals surface area (Å²) >= 11 is 0. The number of ether oxygens (including phenoxy) is 1. The first-order chi connectivity index (χ1) is 6.81. The van der Waals surface area contributed by atoms with Gasteiger partial charge in [-0.25, -0.2) is 0 Å². The first-order valence-corrected chi connectivity index (χ1v) is 5.15. The second-order valence-corrected chi connectivity index (χ2v) is 4.45. The van der Waals surface area contributed by atoms with E-state index in [-0.39, 0.29) is 17.4 Å². The molecule has 0 saturated carbocycles. The van der Waals surface area contributed by atoms with Crippen molar-refractivity contribution in [2.24, 2.45) is 0 Å². The van der Waals surface area contributed by atoms with E-state index in [4.69, 9.17) is 4.74 Å². The van der Waals surface area contributed by atoms with E-state index in [0.29, 0.717) is 25.7 Å². The fourth-order valence-electron chi connectivity index (χ4n) is 1.08. The van der Waals surface area contributed by atoms with Gasteiger partial charge in [0.1, 0.15) is 5.60 Å². The van der Waals surface area contributed by atoms with Crippen LogP contribution in [-0.4, -0.2) is 23.0 Å². The van der Waals surface area contributed by atoms with Gasteiger partial charge in [-0.2, -0.15) is 0 Å². The summed E-state index contributed by atoms with van der Waals surface area (Å²) in [6, 6.07) is 0. The molecule has 0 aliphatic rings. The van der Waals surface area contributed by atoms with Gasteiger partial charge in [0.25, 0.3) is 0 Å². The van der Waals surface area contributed by atoms with Gasteiger partial charge in [-0.15, -0.1) is 0 Å². The average Bonchev–Trinajstić information content (AvgIpc) is 1.99. The van der Waals surface area contributed by atoms with Crippen molar-refractivity contribution in [3.05, 3.63) is 10.1 Å². The van der Waals surface area contributed by atoms with Crippen LogP contribution in [-0.2, 0) is 9.53 Å². The third-order valence-electron chi connectivity index (χ3n) is 1.64. The van der Waals surface area contributed by atoms with Crippen LogP contribution < -0.4 is 0 Å². The zero-order valence-electron chi connectivity index (χ0n) is 9.62. The van der Waals surface area contributed by atoms with E-state index in [0.717, 1.165) is 0 Å². The maximum atomic E-state index is 11.2. The minimum absolute atomic E-state index is 0.0195. The molecule has 0 spiro atoms. The molecule has 0 aliphatic heterocycles. The van der Waals surface area contributed by atoms with Crippen molar-refractivity contribution in [2.75, 3.05) is 6.54 Å². The summed E-state index contributed by atoms with van der Waals surface area (Å²) in [5, 5.41) is 10.00.